The minimum atomic E-state index is 0.178. The van der Waals surface area contributed by atoms with Gasteiger partial charge < -0.3 is 14.4 Å². The van der Waals surface area contributed by atoms with E-state index in [9.17, 15) is 4.79 Å². The van der Waals surface area contributed by atoms with Crippen LogP contribution in [0.25, 0.3) is 0 Å². The first kappa shape index (κ1) is 13.2. The summed E-state index contributed by atoms with van der Waals surface area (Å²) in [7, 11) is 2.12. The van der Waals surface area contributed by atoms with E-state index in [1.165, 1.54) is 12.8 Å². The summed E-state index contributed by atoms with van der Waals surface area (Å²) in [5.41, 5.74) is 0.839. The summed E-state index contributed by atoms with van der Waals surface area (Å²) >= 11 is 3.49. The molecular weight excluding hydrogens is 306 g/mol. The zero-order valence-electron chi connectivity index (χ0n) is 11.5. The Balaban J connectivity index is 1.80. The molecule has 2 aliphatic rings. The van der Waals surface area contributed by atoms with Gasteiger partial charge in [0.1, 0.15) is 5.69 Å². The third-order valence-electron chi connectivity index (χ3n) is 4.22. The highest BCUT2D eigenvalue weighted by Gasteiger charge is 2.31. The Morgan fingerprint density at radius 2 is 2.11 bits per heavy atom. The van der Waals surface area contributed by atoms with Gasteiger partial charge in [0.2, 0.25) is 0 Å². The van der Waals surface area contributed by atoms with Gasteiger partial charge in [-0.3, -0.25) is 4.79 Å². The van der Waals surface area contributed by atoms with Crippen molar-refractivity contribution in [3.05, 3.63) is 22.4 Å². The predicted octanol–water partition coefficient (Wildman–Crippen LogP) is 2.36. The van der Waals surface area contributed by atoms with E-state index < -0.39 is 0 Å². The lowest BCUT2D eigenvalue weighted by Gasteiger charge is -2.37. The molecule has 0 bridgehead atoms. The molecule has 5 heteroatoms. The fourth-order valence-corrected chi connectivity index (χ4v) is 3.10. The second kappa shape index (κ2) is 4.94. The summed E-state index contributed by atoms with van der Waals surface area (Å²) in [6.45, 7) is 4.78. The average molecular weight is 326 g/mol. The molecule has 1 amide bonds. The number of rotatable bonds is 2. The second-order valence-electron chi connectivity index (χ2n) is 5.76. The Labute approximate surface area is 122 Å². The molecule has 1 aromatic heterocycles. The Morgan fingerprint density at radius 1 is 1.37 bits per heavy atom. The van der Waals surface area contributed by atoms with Crippen LogP contribution in [0.4, 0.5) is 0 Å². The normalized spacial score (nSPS) is 24.8. The van der Waals surface area contributed by atoms with Crippen LogP contribution in [0.2, 0.25) is 0 Å². The first-order chi connectivity index (χ1) is 9.06. The Hall–Kier alpha value is -0.810. The number of nitrogens with zero attached hydrogens (tertiary/aromatic N) is 3. The van der Waals surface area contributed by atoms with Crippen molar-refractivity contribution in [1.82, 2.24) is 14.4 Å². The summed E-state index contributed by atoms with van der Waals surface area (Å²) in [4.78, 5) is 17.0. The number of hydrogen-bond donors (Lipinski definition) is 0. The monoisotopic (exact) mass is 325 g/mol. The summed E-state index contributed by atoms with van der Waals surface area (Å²) in [5.74, 6) is 0.178. The van der Waals surface area contributed by atoms with Crippen LogP contribution >= 0.6 is 15.9 Å². The van der Waals surface area contributed by atoms with Crippen LogP contribution in [0.1, 0.15) is 36.3 Å². The molecule has 104 valence electrons. The van der Waals surface area contributed by atoms with E-state index in [1.807, 2.05) is 17.2 Å². The van der Waals surface area contributed by atoms with Gasteiger partial charge in [0.25, 0.3) is 5.91 Å². The zero-order chi connectivity index (χ0) is 13.6. The van der Waals surface area contributed by atoms with Gasteiger partial charge in [0.05, 0.1) is 0 Å². The molecule has 1 aliphatic heterocycles. The molecule has 1 saturated carbocycles. The fourth-order valence-electron chi connectivity index (χ4n) is 2.67. The number of carbonyl (C=O) groups is 1. The molecule has 0 spiro atoms. The highest BCUT2D eigenvalue weighted by molar-refractivity contribution is 9.10. The molecule has 1 atom stereocenters. The summed E-state index contributed by atoms with van der Waals surface area (Å²) in [6.07, 6.45) is 4.44. The van der Waals surface area contributed by atoms with Crippen molar-refractivity contribution in [3.8, 4) is 0 Å². The molecule has 4 nitrogen and oxygen atoms in total. The summed E-state index contributed by atoms with van der Waals surface area (Å²) in [5, 5.41) is 0. The maximum Gasteiger partial charge on any atom is 0.270 e. The van der Waals surface area contributed by atoms with Gasteiger partial charge in [-0.2, -0.15) is 0 Å². The second-order valence-corrected chi connectivity index (χ2v) is 6.68. The molecule has 0 aromatic carbocycles. The summed E-state index contributed by atoms with van der Waals surface area (Å²) < 4.78 is 3.15. The van der Waals surface area contributed by atoms with Crippen LogP contribution in [-0.2, 0) is 0 Å². The highest BCUT2D eigenvalue weighted by Crippen LogP contribution is 2.37. The number of amides is 1. The molecule has 1 unspecified atom stereocenters. The number of likely N-dealkylation sites (N-methyl/N-ethyl adjacent to an activating group) is 1. The third kappa shape index (κ3) is 2.58. The van der Waals surface area contributed by atoms with E-state index in [0.717, 1.165) is 29.8 Å². The molecule has 2 heterocycles. The Kier molecular flexibility index (Phi) is 3.43. The van der Waals surface area contributed by atoms with Crippen LogP contribution in [0.5, 0.6) is 0 Å². The smallest absolute Gasteiger partial charge is 0.270 e. The number of hydrogen-bond acceptors (Lipinski definition) is 2. The van der Waals surface area contributed by atoms with E-state index in [4.69, 9.17) is 0 Å². The van der Waals surface area contributed by atoms with Crippen molar-refractivity contribution in [2.45, 2.75) is 31.8 Å². The molecular formula is C14H20BrN3O. The highest BCUT2D eigenvalue weighted by atomic mass is 79.9. The molecule has 0 N–H and O–H groups in total. The van der Waals surface area contributed by atoms with E-state index >= 15 is 0 Å². The maximum absolute atomic E-state index is 12.7. The number of piperazine rings is 1. The lowest BCUT2D eigenvalue weighted by Crippen LogP contribution is -2.52. The van der Waals surface area contributed by atoms with E-state index in [0.29, 0.717) is 12.1 Å². The van der Waals surface area contributed by atoms with Crippen molar-refractivity contribution in [3.63, 3.8) is 0 Å². The lowest BCUT2D eigenvalue weighted by atomic mass is 10.2. The van der Waals surface area contributed by atoms with Crippen LogP contribution in [0, 0.1) is 0 Å². The van der Waals surface area contributed by atoms with Crippen LogP contribution in [0.3, 0.4) is 0 Å². The van der Waals surface area contributed by atoms with Crippen LogP contribution in [-0.4, -0.2) is 53.0 Å². The maximum atomic E-state index is 12.7. The minimum Gasteiger partial charge on any atom is -0.339 e. The van der Waals surface area contributed by atoms with E-state index in [1.54, 1.807) is 0 Å². The number of aromatic nitrogens is 1. The number of halogens is 1. The molecule has 3 rings (SSSR count). The van der Waals surface area contributed by atoms with Crippen molar-refractivity contribution in [1.29, 1.82) is 0 Å². The largest absolute Gasteiger partial charge is 0.339 e. The quantitative estimate of drug-likeness (QED) is 0.835. The standard InChI is InChI=1S/C14H20BrN3O/c1-10-8-17(6-5-16(10)2)14(19)13-7-11(15)9-18(13)12-3-4-12/h7,9-10,12H,3-6,8H2,1-2H3. The van der Waals surface area contributed by atoms with Gasteiger partial charge in [0.15, 0.2) is 0 Å². The van der Waals surface area contributed by atoms with Gasteiger partial charge in [-0.15, -0.1) is 0 Å². The zero-order valence-corrected chi connectivity index (χ0v) is 13.1. The first-order valence-electron chi connectivity index (χ1n) is 6.93. The molecule has 0 radical (unpaired) electrons. The van der Waals surface area contributed by atoms with Gasteiger partial charge in [-0.05, 0) is 48.8 Å². The van der Waals surface area contributed by atoms with Crippen LogP contribution < -0.4 is 0 Å². The Bertz CT molecular complexity index is 495. The van der Waals surface area contributed by atoms with Crippen molar-refractivity contribution in [2.24, 2.45) is 0 Å². The molecule has 1 aromatic rings. The van der Waals surface area contributed by atoms with Crippen LogP contribution in [0.15, 0.2) is 16.7 Å². The van der Waals surface area contributed by atoms with Gasteiger partial charge in [0, 0.05) is 42.4 Å². The molecule has 19 heavy (non-hydrogen) atoms. The molecule has 1 aliphatic carbocycles. The predicted molar refractivity (Wildman–Crippen MR) is 78.4 cm³/mol. The van der Waals surface area contributed by atoms with Gasteiger partial charge in [-0.25, -0.2) is 0 Å². The minimum absolute atomic E-state index is 0.178. The van der Waals surface area contributed by atoms with Gasteiger partial charge in [-0.1, -0.05) is 0 Å². The summed E-state index contributed by atoms with van der Waals surface area (Å²) in [6, 6.07) is 2.93. The first-order valence-corrected chi connectivity index (χ1v) is 7.72. The van der Waals surface area contributed by atoms with Gasteiger partial charge >= 0.3 is 0 Å². The third-order valence-corrected chi connectivity index (χ3v) is 4.66. The number of carbonyl (C=O) groups excluding carboxylic acids is 1. The van der Waals surface area contributed by atoms with Crippen molar-refractivity contribution in [2.75, 3.05) is 26.7 Å². The Morgan fingerprint density at radius 3 is 2.74 bits per heavy atom. The van der Waals surface area contributed by atoms with Crippen molar-refractivity contribution < 1.29 is 4.79 Å². The van der Waals surface area contributed by atoms with E-state index in [2.05, 4.69) is 39.4 Å². The fraction of sp³-hybridized carbons (Fsp3) is 0.643. The molecule has 2 fully saturated rings. The molecule has 1 saturated heterocycles. The van der Waals surface area contributed by atoms with E-state index in [-0.39, 0.29) is 5.91 Å². The lowest BCUT2D eigenvalue weighted by molar-refractivity contribution is 0.0562. The topological polar surface area (TPSA) is 28.5 Å². The van der Waals surface area contributed by atoms with Crippen molar-refractivity contribution >= 4 is 21.8 Å². The average Bonchev–Trinajstić information content (AvgIpc) is 3.15. The SMILES string of the molecule is CC1CN(C(=O)c2cc(Br)cn2C2CC2)CCN1C.